The Kier molecular flexibility index (Phi) is 4.84. The molecule has 0 radical (unpaired) electrons. The lowest BCUT2D eigenvalue weighted by Crippen LogP contribution is -2.19. The highest BCUT2D eigenvalue weighted by molar-refractivity contribution is 7.09. The number of nitrogens with one attached hydrogen (secondary N) is 1. The predicted octanol–water partition coefficient (Wildman–Crippen LogP) is 3.07. The minimum Gasteiger partial charge on any atom is -0.309 e. The number of aryl methyl sites for hydroxylation is 1. The Morgan fingerprint density at radius 1 is 1.64 bits per heavy atom. The third-order valence-corrected chi connectivity index (χ3v) is 2.87. The van der Waals surface area contributed by atoms with E-state index in [0.29, 0.717) is 6.04 Å². The van der Waals surface area contributed by atoms with Crippen molar-refractivity contribution in [1.29, 1.82) is 0 Å². The zero-order valence-electron chi connectivity index (χ0n) is 9.08. The van der Waals surface area contributed by atoms with E-state index in [4.69, 9.17) is 0 Å². The molecule has 1 atom stereocenters. The second-order valence-corrected chi connectivity index (χ2v) is 4.39. The normalized spacial score (nSPS) is 13.6. The molecule has 0 aliphatic carbocycles. The lowest BCUT2D eigenvalue weighted by molar-refractivity contribution is 0.570. The monoisotopic (exact) mass is 210 g/mol. The van der Waals surface area contributed by atoms with Crippen LogP contribution in [0.25, 0.3) is 0 Å². The number of aromatic nitrogens is 1. The third-order valence-electron chi connectivity index (χ3n) is 2.08. The average Bonchev–Trinajstić information content (AvgIpc) is 2.59. The van der Waals surface area contributed by atoms with Crippen molar-refractivity contribution >= 4 is 11.3 Å². The smallest absolute Gasteiger partial charge is 0.0898 e. The van der Waals surface area contributed by atoms with E-state index in [1.54, 1.807) is 11.3 Å². The predicted molar refractivity (Wildman–Crippen MR) is 62.7 cm³/mol. The maximum Gasteiger partial charge on any atom is 0.0898 e. The standard InChI is InChI=1S/C11H18N2S/c1-4-5-6-7-12-9(2)11-8-14-10(3)13-11/h4-5,8-9,12H,6-7H2,1-3H3/b5-4+. The summed E-state index contributed by atoms with van der Waals surface area (Å²) in [5.41, 5.74) is 1.16. The Morgan fingerprint density at radius 2 is 2.43 bits per heavy atom. The van der Waals surface area contributed by atoms with Gasteiger partial charge in [0.2, 0.25) is 0 Å². The van der Waals surface area contributed by atoms with Crippen molar-refractivity contribution in [3.63, 3.8) is 0 Å². The van der Waals surface area contributed by atoms with E-state index in [1.807, 2.05) is 13.8 Å². The van der Waals surface area contributed by atoms with Gasteiger partial charge >= 0.3 is 0 Å². The summed E-state index contributed by atoms with van der Waals surface area (Å²) >= 11 is 1.71. The molecule has 1 aromatic rings. The van der Waals surface area contributed by atoms with Crippen LogP contribution in [0.3, 0.4) is 0 Å². The van der Waals surface area contributed by atoms with Crippen LogP contribution in [-0.4, -0.2) is 11.5 Å². The quantitative estimate of drug-likeness (QED) is 0.597. The summed E-state index contributed by atoms with van der Waals surface area (Å²) in [6, 6.07) is 0.366. The van der Waals surface area contributed by atoms with E-state index < -0.39 is 0 Å². The van der Waals surface area contributed by atoms with E-state index >= 15 is 0 Å². The summed E-state index contributed by atoms with van der Waals surface area (Å²) in [5.74, 6) is 0. The van der Waals surface area contributed by atoms with Crippen LogP contribution >= 0.6 is 11.3 Å². The Morgan fingerprint density at radius 3 is 3.00 bits per heavy atom. The fraction of sp³-hybridized carbons (Fsp3) is 0.545. The van der Waals surface area contributed by atoms with E-state index in [0.717, 1.165) is 23.7 Å². The van der Waals surface area contributed by atoms with Crippen LogP contribution in [0.4, 0.5) is 0 Å². The molecule has 78 valence electrons. The first-order valence-electron chi connectivity index (χ1n) is 5.00. The first kappa shape index (κ1) is 11.4. The van der Waals surface area contributed by atoms with Gasteiger partial charge in [-0.15, -0.1) is 11.3 Å². The minimum atomic E-state index is 0.366. The molecule has 0 fully saturated rings. The summed E-state index contributed by atoms with van der Waals surface area (Å²) in [6.45, 7) is 7.26. The second-order valence-electron chi connectivity index (χ2n) is 3.32. The van der Waals surface area contributed by atoms with Gasteiger partial charge < -0.3 is 5.32 Å². The van der Waals surface area contributed by atoms with Gasteiger partial charge in [-0.2, -0.15) is 0 Å². The van der Waals surface area contributed by atoms with Crippen molar-refractivity contribution in [2.75, 3.05) is 6.54 Å². The molecule has 0 amide bonds. The highest BCUT2D eigenvalue weighted by Gasteiger charge is 2.06. The molecular weight excluding hydrogens is 192 g/mol. The fourth-order valence-corrected chi connectivity index (χ4v) is 1.94. The topological polar surface area (TPSA) is 24.9 Å². The Bertz CT molecular complexity index is 291. The number of hydrogen-bond donors (Lipinski definition) is 1. The Balaban J connectivity index is 2.31. The summed E-state index contributed by atoms with van der Waals surface area (Å²) in [5, 5.41) is 6.71. The molecule has 14 heavy (non-hydrogen) atoms. The molecule has 0 saturated carbocycles. The SMILES string of the molecule is C/C=C/CCNC(C)c1csc(C)n1. The largest absolute Gasteiger partial charge is 0.309 e. The maximum absolute atomic E-state index is 4.45. The second kappa shape index (κ2) is 5.94. The minimum absolute atomic E-state index is 0.366. The van der Waals surface area contributed by atoms with Crippen LogP contribution in [0.2, 0.25) is 0 Å². The number of hydrogen-bond acceptors (Lipinski definition) is 3. The molecule has 3 heteroatoms. The first-order chi connectivity index (χ1) is 6.74. The summed E-state index contributed by atoms with van der Waals surface area (Å²) < 4.78 is 0. The van der Waals surface area contributed by atoms with Gasteiger partial charge in [-0.3, -0.25) is 0 Å². The van der Waals surface area contributed by atoms with Crippen LogP contribution < -0.4 is 5.32 Å². The maximum atomic E-state index is 4.45. The number of thiazole rings is 1. The van der Waals surface area contributed by atoms with E-state index in [1.165, 1.54) is 0 Å². The van der Waals surface area contributed by atoms with Crippen molar-refractivity contribution in [2.24, 2.45) is 0 Å². The molecule has 1 heterocycles. The summed E-state index contributed by atoms with van der Waals surface area (Å²) in [6.07, 6.45) is 5.34. The van der Waals surface area contributed by atoms with Gasteiger partial charge in [-0.1, -0.05) is 12.2 Å². The van der Waals surface area contributed by atoms with Crippen molar-refractivity contribution < 1.29 is 0 Å². The number of allylic oxidation sites excluding steroid dienone is 1. The molecule has 1 unspecified atom stereocenters. The molecule has 0 saturated heterocycles. The van der Waals surface area contributed by atoms with Crippen LogP contribution in [0.15, 0.2) is 17.5 Å². The highest BCUT2D eigenvalue weighted by atomic mass is 32.1. The molecule has 1 rings (SSSR count). The zero-order chi connectivity index (χ0) is 10.4. The van der Waals surface area contributed by atoms with Crippen molar-refractivity contribution in [3.8, 4) is 0 Å². The molecule has 0 spiro atoms. The molecule has 2 nitrogen and oxygen atoms in total. The molecule has 0 aliphatic heterocycles. The van der Waals surface area contributed by atoms with Crippen molar-refractivity contribution in [1.82, 2.24) is 10.3 Å². The van der Waals surface area contributed by atoms with E-state index in [2.05, 4.69) is 34.8 Å². The van der Waals surface area contributed by atoms with Gasteiger partial charge in [-0.25, -0.2) is 4.98 Å². The first-order valence-corrected chi connectivity index (χ1v) is 5.88. The summed E-state index contributed by atoms with van der Waals surface area (Å²) in [4.78, 5) is 4.45. The molecule has 0 aliphatic rings. The van der Waals surface area contributed by atoms with Crippen LogP contribution in [0.1, 0.15) is 37.0 Å². The molecular formula is C11H18N2S. The average molecular weight is 210 g/mol. The highest BCUT2D eigenvalue weighted by Crippen LogP contribution is 2.15. The van der Waals surface area contributed by atoms with E-state index in [-0.39, 0.29) is 0 Å². The molecule has 0 bridgehead atoms. The molecule has 1 N–H and O–H groups in total. The Hall–Kier alpha value is -0.670. The van der Waals surface area contributed by atoms with E-state index in [9.17, 15) is 0 Å². The van der Waals surface area contributed by atoms with Crippen LogP contribution in [0, 0.1) is 6.92 Å². The lowest BCUT2D eigenvalue weighted by Gasteiger charge is -2.09. The number of rotatable bonds is 5. The molecule has 0 aromatic carbocycles. The van der Waals surface area contributed by atoms with Gasteiger partial charge in [0.15, 0.2) is 0 Å². The van der Waals surface area contributed by atoms with Gasteiger partial charge in [0.25, 0.3) is 0 Å². The van der Waals surface area contributed by atoms with Gasteiger partial charge in [0.05, 0.1) is 10.7 Å². The van der Waals surface area contributed by atoms with Crippen LogP contribution in [-0.2, 0) is 0 Å². The van der Waals surface area contributed by atoms with Crippen molar-refractivity contribution in [3.05, 3.63) is 28.2 Å². The fourth-order valence-electron chi connectivity index (χ4n) is 1.23. The lowest BCUT2D eigenvalue weighted by atomic mass is 10.2. The van der Waals surface area contributed by atoms with Crippen LogP contribution in [0.5, 0.6) is 0 Å². The van der Waals surface area contributed by atoms with Gasteiger partial charge in [0, 0.05) is 11.4 Å². The third kappa shape index (κ3) is 3.60. The Labute approximate surface area is 90.1 Å². The summed E-state index contributed by atoms with van der Waals surface area (Å²) in [7, 11) is 0. The van der Waals surface area contributed by atoms with Crippen molar-refractivity contribution in [2.45, 2.75) is 33.2 Å². The van der Waals surface area contributed by atoms with Gasteiger partial charge in [0.1, 0.15) is 0 Å². The zero-order valence-corrected chi connectivity index (χ0v) is 9.90. The molecule has 1 aromatic heterocycles. The van der Waals surface area contributed by atoms with Gasteiger partial charge in [-0.05, 0) is 33.7 Å². The number of nitrogens with zero attached hydrogens (tertiary/aromatic N) is 1.